The van der Waals surface area contributed by atoms with Crippen LogP contribution in [0.15, 0.2) is 4.52 Å². The third kappa shape index (κ3) is 2.32. The van der Waals surface area contributed by atoms with Crippen LogP contribution < -0.4 is 5.32 Å². The molecule has 2 rings (SSSR count). The first-order chi connectivity index (χ1) is 8.08. The van der Waals surface area contributed by atoms with Crippen molar-refractivity contribution in [2.45, 2.75) is 27.3 Å². The van der Waals surface area contributed by atoms with Crippen LogP contribution in [0.4, 0.5) is 0 Å². The molecule has 0 aliphatic carbocycles. The molecule has 0 saturated heterocycles. The lowest BCUT2D eigenvalue weighted by atomic mass is 10.2. The van der Waals surface area contributed by atoms with Gasteiger partial charge in [-0.05, 0) is 13.8 Å². The molecule has 0 spiro atoms. The van der Waals surface area contributed by atoms with E-state index in [2.05, 4.69) is 25.7 Å². The van der Waals surface area contributed by atoms with E-state index in [1.165, 1.54) is 0 Å². The molecule has 7 heteroatoms. The normalized spacial score (nSPS) is 10.5. The molecule has 0 aliphatic heterocycles. The minimum Gasteiger partial charge on any atom is -0.344 e. The summed E-state index contributed by atoms with van der Waals surface area (Å²) in [4.78, 5) is 15.9. The fourth-order valence-corrected chi connectivity index (χ4v) is 1.55. The Morgan fingerprint density at radius 3 is 2.71 bits per heavy atom. The highest BCUT2D eigenvalue weighted by atomic mass is 16.5. The van der Waals surface area contributed by atoms with Gasteiger partial charge in [-0.1, -0.05) is 5.16 Å². The predicted octanol–water partition coefficient (Wildman–Crippen LogP) is 0.648. The SMILES string of the molecule is Cc1nc(CNC(=O)c2c(C)n[nH]c2C)no1. The zero-order valence-corrected chi connectivity index (χ0v) is 9.87. The first kappa shape index (κ1) is 11.3. The van der Waals surface area contributed by atoms with Crippen LogP contribution in [0.3, 0.4) is 0 Å². The summed E-state index contributed by atoms with van der Waals surface area (Å²) in [6.45, 7) is 5.51. The number of carbonyl (C=O) groups is 1. The molecule has 0 radical (unpaired) electrons. The Morgan fingerprint density at radius 1 is 1.41 bits per heavy atom. The molecule has 2 heterocycles. The monoisotopic (exact) mass is 235 g/mol. The van der Waals surface area contributed by atoms with Crippen molar-refractivity contribution in [3.63, 3.8) is 0 Å². The quantitative estimate of drug-likeness (QED) is 0.814. The maximum absolute atomic E-state index is 11.9. The number of aromatic amines is 1. The van der Waals surface area contributed by atoms with E-state index in [9.17, 15) is 4.79 Å². The molecule has 0 saturated carbocycles. The van der Waals surface area contributed by atoms with Crippen LogP contribution in [-0.2, 0) is 6.54 Å². The lowest BCUT2D eigenvalue weighted by Gasteiger charge is -2.01. The summed E-state index contributed by atoms with van der Waals surface area (Å²) in [6.07, 6.45) is 0. The molecule has 17 heavy (non-hydrogen) atoms. The third-order valence-electron chi connectivity index (χ3n) is 2.33. The van der Waals surface area contributed by atoms with E-state index in [0.29, 0.717) is 23.0 Å². The number of hydrogen-bond acceptors (Lipinski definition) is 5. The zero-order chi connectivity index (χ0) is 12.4. The largest absolute Gasteiger partial charge is 0.344 e. The van der Waals surface area contributed by atoms with Gasteiger partial charge in [0.15, 0.2) is 5.82 Å². The Balaban J connectivity index is 2.03. The van der Waals surface area contributed by atoms with Crippen LogP contribution in [0, 0.1) is 20.8 Å². The molecular formula is C10H13N5O2. The van der Waals surface area contributed by atoms with E-state index in [1.807, 2.05) is 0 Å². The lowest BCUT2D eigenvalue weighted by Crippen LogP contribution is -2.24. The van der Waals surface area contributed by atoms with Crippen molar-refractivity contribution in [1.82, 2.24) is 25.7 Å². The Kier molecular flexibility index (Phi) is 2.90. The molecule has 90 valence electrons. The molecular weight excluding hydrogens is 222 g/mol. The fourth-order valence-electron chi connectivity index (χ4n) is 1.55. The van der Waals surface area contributed by atoms with Gasteiger partial charge in [-0.2, -0.15) is 10.1 Å². The number of rotatable bonds is 3. The van der Waals surface area contributed by atoms with Crippen LogP contribution in [0.25, 0.3) is 0 Å². The maximum Gasteiger partial charge on any atom is 0.255 e. The van der Waals surface area contributed by atoms with Gasteiger partial charge in [-0.15, -0.1) is 0 Å². The summed E-state index contributed by atoms with van der Waals surface area (Å²) in [6, 6.07) is 0. The van der Waals surface area contributed by atoms with Gasteiger partial charge in [0.1, 0.15) is 0 Å². The van der Waals surface area contributed by atoms with Crippen LogP contribution in [0.2, 0.25) is 0 Å². The van der Waals surface area contributed by atoms with E-state index in [-0.39, 0.29) is 12.5 Å². The van der Waals surface area contributed by atoms with Crippen molar-refractivity contribution in [1.29, 1.82) is 0 Å². The average Bonchev–Trinajstić information content (AvgIpc) is 2.83. The van der Waals surface area contributed by atoms with E-state index in [0.717, 1.165) is 5.69 Å². The molecule has 1 amide bonds. The average molecular weight is 235 g/mol. The molecule has 0 aromatic carbocycles. The summed E-state index contributed by atoms with van der Waals surface area (Å²) >= 11 is 0. The maximum atomic E-state index is 11.9. The zero-order valence-electron chi connectivity index (χ0n) is 9.87. The molecule has 0 fully saturated rings. The number of amides is 1. The van der Waals surface area contributed by atoms with E-state index >= 15 is 0 Å². The minimum atomic E-state index is -0.198. The number of hydrogen-bond donors (Lipinski definition) is 2. The number of nitrogens with zero attached hydrogens (tertiary/aromatic N) is 3. The molecule has 2 aromatic heterocycles. The highest BCUT2D eigenvalue weighted by Gasteiger charge is 2.15. The van der Waals surface area contributed by atoms with Crippen LogP contribution in [0.1, 0.15) is 33.5 Å². The van der Waals surface area contributed by atoms with E-state index < -0.39 is 0 Å². The standard InChI is InChI=1S/C10H13N5O2/c1-5-9(6(2)14-13-5)10(16)11-4-8-12-7(3)17-15-8/h4H2,1-3H3,(H,11,16)(H,13,14). The second-order valence-electron chi connectivity index (χ2n) is 3.72. The number of aromatic nitrogens is 4. The fraction of sp³-hybridized carbons (Fsp3) is 0.400. The second-order valence-corrected chi connectivity index (χ2v) is 3.72. The van der Waals surface area contributed by atoms with Crippen molar-refractivity contribution >= 4 is 5.91 Å². The van der Waals surface area contributed by atoms with Gasteiger partial charge in [0.05, 0.1) is 17.8 Å². The topological polar surface area (TPSA) is 96.7 Å². The highest BCUT2D eigenvalue weighted by molar-refractivity contribution is 5.96. The van der Waals surface area contributed by atoms with Crippen molar-refractivity contribution in [2.24, 2.45) is 0 Å². The Bertz CT molecular complexity index is 523. The first-order valence-electron chi connectivity index (χ1n) is 5.17. The molecule has 2 N–H and O–H groups in total. The van der Waals surface area contributed by atoms with E-state index in [1.54, 1.807) is 20.8 Å². The van der Waals surface area contributed by atoms with Crippen LogP contribution in [0.5, 0.6) is 0 Å². The second kappa shape index (κ2) is 4.36. The lowest BCUT2D eigenvalue weighted by molar-refractivity contribution is 0.0948. The van der Waals surface area contributed by atoms with Gasteiger partial charge in [-0.25, -0.2) is 0 Å². The van der Waals surface area contributed by atoms with Crippen molar-refractivity contribution in [2.75, 3.05) is 0 Å². The molecule has 2 aromatic rings. The van der Waals surface area contributed by atoms with E-state index in [4.69, 9.17) is 4.52 Å². The summed E-state index contributed by atoms with van der Waals surface area (Å²) in [5.41, 5.74) is 1.97. The number of H-pyrrole nitrogens is 1. The molecule has 0 unspecified atom stereocenters. The van der Waals surface area contributed by atoms with Crippen molar-refractivity contribution in [3.05, 3.63) is 28.7 Å². The molecule has 0 atom stereocenters. The van der Waals surface area contributed by atoms with Gasteiger partial charge < -0.3 is 9.84 Å². The Hall–Kier alpha value is -2.18. The van der Waals surface area contributed by atoms with Gasteiger partial charge in [0.25, 0.3) is 5.91 Å². The third-order valence-corrected chi connectivity index (χ3v) is 2.33. The Labute approximate surface area is 97.6 Å². The number of nitrogens with one attached hydrogen (secondary N) is 2. The molecule has 0 bridgehead atoms. The molecule has 7 nitrogen and oxygen atoms in total. The summed E-state index contributed by atoms with van der Waals surface area (Å²) in [5, 5.41) is 13.1. The highest BCUT2D eigenvalue weighted by Crippen LogP contribution is 2.08. The minimum absolute atomic E-state index is 0.198. The van der Waals surface area contributed by atoms with Gasteiger partial charge >= 0.3 is 0 Å². The first-order valence-corrected chi connectivity index (χ1v) is 5.17. The summed E-state index contributed by atoms with van der Waals surface area (Å²) < 4.78 is 4.80. The predicted molar refractivity (Wildman–Crippen MR) is 58.3 cm³/mol. The summed E-state index contributed by atoms with van der Waals surface area (Å²) in [5.74, 6) is 0.732. The van der Waals surface area contributed by atoms with Crippen molar-refractivity contribution < 1.29 is 9.32 Å². The smallest absolute Gasteiger partial charge is 0.255 e. The van der Waals surface area contributed by atoms with Crippen LogP contribution in [-0.4, -0.2) is 26.2 Å². The van der Waals surface area contributed by atoms with Gasteiger partial charge in [-0.3, -0.25) is 9.89 Å². The summed E-state index contributed by atoms with van der Waals surface area (Å²) in [7, 11) is 0. The van der Waals surface area contributed by atoms with Crippen LogP contribution >= 0.6 is 0 Å². The Morgan fingerprint density at radius 2 is 2.18 bits per heavy atom. The van der Waals surface area contributed by atoms with Crippen molar-refractivity contribution in [3.8, 4) is 0 Å². The van der Waals surface area contributed by atoms with Gasteiger partial charge in [0.2, 0.25) is 5.89 Å². The van der Waals surface area contributed by atoms with Gasteiger partial charge in [0, 0.05) is 12.6 Å². The number of carbonyl (C=O) groups excluding carboxylic acids is 1. The molecule has 0 aliphatic rings. The number of aryl methyl sites for hydroxylation is 3.